The van der Waals surface area contributed by atoms with Crippen molar-refractivity contribution < 1.29 is 23.1 Å². The van der Waals surface area contributed by atoms with Crippen LogP contribution in [0.5, 0.6) is 11.6 Å². The third-order valence-electron chi connectivity index (χ3n) is 4.12. The SMILES string of the molecule is [2H]C([2H])([2H])Oc1nc2c(cc1Br)OC[C@H]1CN(C(=O)OC(C)(C)C)CCN1C2. The summed E-state index contributed by atoms with van der Waals surface area (Å²) in [5, 5.41) is 0. The highest BCUT2D eigenvalue weighted by atomic mass is 79.9. The number of methoxy groups -OCH3 is 1. The second kappa shape index (κ2) is 6.99. The third-order valence-corrected chi connectivity index (χ3v) is 4.69. The van der Waals surface area contributed by atoms with E-state index in [-0.39, 0.29) is 18.0 Å². The minimum atomic E-state index is -2.59. The minimum absolute atomic E-state index is 0.00758. The largest absolute Gasteiger partial charge is 0.490 e. The zero-order valence-corrected chi connectivity index (χ0v) is 16.1. The van der Waals surface area contributed by atoms with Gasteiger partial charge in [0.1, 0.15) is 23.7 Å². The molecule has 0 radical (unpaired) electrons. The van der Waals surface area contributed by atoms with Crippen LogP contribution in [0.4, 0.5) is 4.79 Å². The Bertz CT molecular complexity index is 754. The third kappa shape index (κ3) is 4.17. The van der Waals surface area contributed by atoms with Crippen molar-refractivity contribution in [1.29, 1.82) is 0 Å². The Morgan fingerprint density at radius 2 is 2.28 bits per heavy atom. The fourth-order valence-corrected chi connectivity index (χ4v) is 3.31. The van der Waals surface area contributed by atoms with Crippen LogP contribution in [-0.2, 0) is 11.3 Å². The van der Waals surface area contributed by atoms with E-state index < -0.39 is 12.6 Å². The number of carbonyl (C=O) groups excluding carboxylic acids is 1. The average Bonchev–Trinajstić information content (AvgIpc) is 2.71. The van der Waals surface area contributed by atoms with Crippen LogP contribution in [0.1, 0.15) is 30.6 Å². The van der Waals surface area contributed by atoms with Crippen LogP contribution < -0.4 is 9.47 Å². The van der Waals surface area contributed by atoms with Crippen molar-refractivity contribution >= 4 is 22.0 Å². The number of nitrogens with zero attached hydrogens (tertiary/aromatic N) is 3. The highest BCUT2D eigenvalue weighted by molar-refractivity contribution is 9.10. The number of fused-ring (bicyclic) bond motifs is 2. The van der Waals surface area contributed by atoms with E-state index in [1.54, 1.807) is 11.0 Å². The maximum absolute atomic E-state index is 12.4. The van der Waals surface area contributed by atoms with Gasteiger partial charge >= 0.3 is 6.09 Å². The molecule has 1 saturated heterocycles. The van der Waals surface area contributed by atoms with E-state index in [9.17, 15) is 4.79 Å². The minimum Gasteiger partial charge on any atom is -0.490 e. The van der Waals surface area contributed by atoms with Crippen LogP contribution >= 0.6 is 15.9 Å². The number of halogens is 1. The normalized spacial score (nSPS) is 23.1. The molecule has 0 unspecified atom stereocenters. The Hall–Kier alpha value is -1.54. The summed E-state index contributed by atoms with van der Waals surface area (Å²) in [6.45, 7) is 8.06. The quantitative estimate of drug-likeness (QED) is 0.700. The van der Waals surface area contributed by atoms with Gasteiger partial charge in [-0.25, -0.2) is 9.78 Å². The average molecular weight is 417 g/mol. The van der Waals surface area contributed by atoms with E-state index in [0.717, 1.165) is 0 Å². The number of amides is 1. The van der Waals surface area contributed by atoms with Gasteiger partial charge in [-0.3, -0.25) is 4.90 Å². The van der Waals surface area contributed by atoms with Gasteiger partial charge in [0.05, 0.1) is 21.7 Å². The molecule has 0 spiro atoms. The second-order valence-corrected chi connectivity index (χ2v) is 8.04. The molecule has 0 aliphatic carbocycles. The predicted molar refractivity (Wildman–Crippen MR) is 96.0 cm³/mol. The number of hydrogen-bond donors (Lipinski definition) is 0. The summed E-state index contributed by atoms with van der Waals surface area (Å²) >= 11 is 3.29. The molecule has 138 valence electrons. The molecule has 1 aromatic heterocycles. The molecule has 1 aromatic rings. The van der Waals surface area contributed by atoms with Crippen molar-refractivity contribution in [2.45, 2.75) is 39.0 Å². The zero-order valence-electron chi connectivity index (χ0n) is 17.5. The molecule has 1 atom stereocenters. The van der Waals surface area contributed by atoms with Crippen molar-refractivity contribution in [3.63, 3.8) is 0 Å². The standard InChI is InChI=1S/C17H24BrN3O4/c1-17(2,3)25-16(22)21-6-5-20-9-13-14(24-10-11(20)8-21)7-12(18)15(19-13)23-4/h7,11H,5-6,8-10H2,1-4H3/t11-/m1/s1/i4D3. The van der Waals surface area contributed by atoms with Gasteiger partial charge in [0.2, 0.25) is 5.88 Å². The van der Waals surface area contributed by atoms with E-state index in [1.807, 2.05) is 20.8 Å². The van der Waals surface area contributed by atoms with E-state index in [4.69, 9.17) is 18.3 Å². The topological polar surface area (TPSA) is 64.1 Å². The highest BCUT2D eigenvalue weighted by Gasteiger charge is 2.35. The lowest BCUT2D eigenvalue weighted by atomic mass is 10.1. The zero-order chi connectivity index (χ0) is 20.7. The molecule has 8 heteroatoms. The summed E-state index contributed by atoms with van der Waals surface area (Å²) in [5.41, 5.74) is 0.0652. The number of rotatable bonds is 1. The van der Waals surface area contributed by atoms with Gasteiger partial charge in [-0.2, -0.15) is 0 Å². The van der Waals surface area contributed by atoms with Crippen molar-refractivity contribution in [1.82, 2.24) is 14.8 Å². The molecule has 2 aliphatic heterocycles. The lowest BCUT2D eigenvalue weighted by molar-refractivity contribution is -0.00164. The van der Waals surface area contributed by atoms with Gasteiger partial charge in [0, 0.05) is 32.2 Å². The summed E-state index contributed by atoms with van der Waals surface area (Å²) in [6.07, 6.45) is -0.330. The van der Waals surface area contributed by atoms with Crippen LogP contribution in [0.25, 0.3) is 0 Å². The van der Waals surface area contributed by atoms with Gasteiger partial charge < -0.3 is 19.1 Å². The molecule has 0 N–H and O–H groups in total. The highest BCUT2D eigenvalue weighted by Crippen LogP contribution is 2.33. The van der Waals surface area contributed by atoms with Gasteiger partial charge in [-0.15, -0.1) is 0 Å². The Kier molecular flexibility index (Phi) is 4.09. The molecular formula is C17H24BrN3O4. The molecule has 1 amide bonds. The maximum Gasteiger partial charge on any atom is 0.410 e. The van der Waals surface area contributed by atoms with E-state index in [2.05, 4.69) is 25.8 Å². The molecule has 3 heterocycles. The van der Waals surface area contributed by atoms with Crippen molar-refractivity contribution in [3.05, 3.63) is 16.2 Å². The summed E-state index contributed by atoms with van der Waals surface area (Å²) in [7, 11) is -2.59. The lowest BCUT2D eigenvalue weighted by Crippen LogP contribution is -2.56. The van der Waals surface area contributed by atoms with Gasteiger partial charge in [0.25, 0.3) is 0 Å². The fourth-order valence-electron chi connectivity index (χ4n) is 2.93. The van der Waals surface area contributed by atoms with Crippen molar-refractivity contribution in [3.8, 4) is 11.6 Å². The lowest BCUT2D eigenvalue weighted by Gasteiger charge is -2.40. The molecule has 2 aliphatic rings. The molecule has 0 bridgehead atoms. The summed E-state index contributed by atoms with van der Waals surface area (Å²) in [4.78, 5) is 20.6. The number of aromatic nitrogens is 1. The predicted octanol–water partition coefficient (Wildman–Crippen LogP) is 2.67. The van der Waals surface area contributed by atoms with Crippen molar-refractivity contribution in [2.24, 2.45) is 0 Å². The Morgan fingerprint density at radius 3 is 3.00 bits per heavy atom. The first-order valence-corrected chi connectivity index (χ1v) is 8.94. The molecule has 25 heavy (non-hydrogen) atoms. The Balaban J connectivity index is 1.73. The van der Waals surface area contributed by atoms with Crippen molar-refractivity contribution in [2.75, 3.05) is 33.3 Å². The van der Waals surface area contributed by atoms with Gasteiger partial charge in [0.15, 0.2) is 0 Å². The number of carbonyl (C=O) groups is 1. The molecule has 3 rings (SSSR count). The summed E-state index contributed by atoms with van der Waals surface area (Å²) in [5.74, 6) is 0.580. The fraction of sp³-hybridized carbons (Fsp3) is 0.647. The van der Waals surface area contributed by atoms with Crippen LogP contribution in [0.3, 0.4) is 0 Å². The Morgan fingerprint density at radius 1 is 1.48 bits per heavy atom. The van der Waals surface area contributed by atoms with E-state index >= 15 is 0 Å². The molecule has 0 aromatic carbocycles. The first kappa shape index (κ1) is 14.6. The molecule has 7 nitrogen and oxygen atoms in total. The summed E-state index contributed by atoms with van der Waals surface area (Å²) < 4.78 is 38.6. The van der Waals surface area contributed by atoms with E-state index in [1.165, 1.54) is 0 Å². The van der Waals surface area contributed by atoms with Crippen LogP contribution in [0.15, 0.2) is 10.5 Å². The molecule has 0 saturated carbocycles. The van der Waals surface area contributed by atoms with Crippen LogP contribution in [0.2, 0.25) is 0 Å². The van der Waals surface area contributed by atoms with Gasteiger partial charge in [-0.1, -0.05) is 0 Å². The number of hydrogen-bond acceptors (Lipinski definition) is 6. The first-order valence-electron chi connectivity index (χ1n) is 9.64. The smallest absolute Gasteiger partial charge is 0.410 e. The maximum atomic E-state index is 12.4. The second-order valence-electron chi connectivity index (χ2n) is 7.18. The Labute approximate surface area is 160 Å². The molecule has 1 fully saturated rings. The summed E-state index contributed by atoms with van der Waals surface area (Å²) in [6, 6.07) is 1.66. The first-order chi connectivity index (χ1) is 12.9. The monoisotopic (exact) mass is 416 g/mol. The van der Waals surface area contributed by atoms with Gasteiger partial charge in [-0.05, 0) is 36.7 Å². The van der Waals surface area contributed by atoms with Crippen LogP contribution in [-0.4, -0.2) is 65.8 Å². The van der Waals surface area contributed by atoms with E-state index in [0.29, 0.717) is 48.7 Å². The number of ether oxygens (including phenoxy) is 3. The number of piperazine rings is 1. The van der Waals surface area contributed by atoms with Crippen LogP contribution in [0, 0.1) is 0 Å². The molecular weight excluding hydrogens is 390 g/mol. The number of pyridine rings is 1.